The second-order valence-corrected chi connectivity index (χ2v) is 6.10. The van der Waals surface area contributed by atoms with Crippen LogP contribution < -0.4 is 0 Å². The molecule has 3 unspecified atom stereocenters. The van der Waals surface area contributed by atoms with Crippen molar-refractivity contribution in [3.8, 4) is 0 Å². The number of rotatable bonds is 2. The first-order valence-corrected chi connectivity index (χ1v) is 6.23. The number of carbonyl (C=O) groups excluding carboxylic acids is 2. The Balaban J connectivity index is 1.97. The lowest BCUT2D eigenvalue weighted by molar-refractivity contribution is -0.146. The molecule has 3 atom stereocenters. The normalized spacial score (nSPS) is 34.6. The summed E-state index contributed by atoms with van der Waals surface area (Å²) >= 11 is 0. The van der Waals surface area contributed by atoms with Gasteiger partial charge < -0.3 is 9.64 Å². The van der Waals surface area contributed by atoms with E-state index in [-0.39, 0.29) is 35.0 Å². The second kappa shape index (κ2) is 4.00. The minimum Gasteiger partial charge on any atom is -0.469 e. The summed E-state index contributed by atoms with van der Waals surface area (Å²) in [7, 11) is 1.41. The maximum Gasteiger partial charge on any atom is 0.310 e. The van der Waals surface area contributed by atoms with Gasteiger partial charge >= 0.3 is 5.97 Å². The largest absolute Gasteiger partial charge is 0.469 e. The summed E-state index contributed by atoms with van der Waals surface area (Å²) in [6.07, 6.45) is 0.972. The van der Waals surface area contributed by atoms with E-state index in [1.54, 1.807) is 0 Å². The fourth-order valence-electron chi connectivity index (χ4n) is 2.71. The van der Waals surface area contributed by atoms with E-state index in [1.165, 1.54) is 7.11 Å². The van der Waals surface area contributed by atoms with Gasteiger partial charge in [-0.15, -0.1) is 0 Å². The summed E-state index contributed by atoms with van der Waals surface area (Å²) in [5, 5.41) is 0. The lowest BCUT2D eigenvalue weighted by atomic mass is 9.99. The first-order valence-electron chi connectivity index (χ1n) is 6.23. The molecule has 0 aromatic carbocycles. The van der Waals surface area contributed by atoms with Crippen LogP contribution in [0.5, 0.6) is 0 Å². The number of hydrogen-bond donors (Lipinski definition) is 0. The molecule has 1 aliphatic heterocycles. The third-order valence-electron chi connectivity index (χ3n) is 4.24. The summed E-state index contributed by atoms with van der Waals surface area (Å²) in [6.45, 7) is 7.46. The predicted octanol–water partition coefficient (Wildman–Crippen LogP) is 1.30. The molecule has 1 saturated heterocycles. The molecule has 0 bridgehead atoms. The molecular weight excluding hydrogens is 218 g/mol. The first-order chi connectivity index (χ1) is 7.86. The quantitative estimate of drug-likeness (QED) is 0.682. The van der Waals surface area contributed by atoms with E-state index in [4.69, 9.17) is 4.74 Å². The summed E-state index contributed by atoms with van der Waals surface area (Å²) in [5.41, 5.74) is 0.156. The molecular formula is C13H21NO3. The van der Waals surface area contributed by atoms with E-state index in [0.29, 0.717) is 13.1 Å². The molecule has 4 nitrogen and oxygen atoms in total. The Morgan fingerprint density at radius 2 is 1.88 bits per heavy atom. The number of likely N-dealkylation sites (tertiary alicyclic amines) is 1. The van der Waals surface area contributed by atoms with Gasteiger partial charge in [0.2, 0.25) is 5.91 Å². The van der Waals surface area contributed by atoms with Crippen LogP contribution in [0, 0.1) is 23.2 Å². The van der Waals surface area contributed by atoms with Gasteiger partial charge in [0.05, 0.1) is 13.0 Å². The van der Waals surface area contributed by atoms with Crippen LogP contribution in [0.4, 0.5) is 0 Å². The zero-order valence-corrected chi connectivity index (χ0v) is 11.0. The maximum absolute atomic E-state index is 12.2. The standard InChI is InChI=1S/C13H21NO3/c1-8-6-14(7-9(8)12(16)17-4)11(15)10-5-13(10,2)3/h8-10H,5-7H2,1-4H3. The Hall–Kier alpha value is -1.06. The van der Waals surface area contributed by atoms with E-state index in [0.717, 1.165) is 6.42 Å². The van der Waals surface area contributed by atoms with Gasteiger partial charge in [-0.1, -0.05) is 20.8 Å². The van der Waals surface area contributed by atoms with Gasteiger partial charge in [0, 0.05) is 19.0 Å². The van der Waals surface area contributed by atoms with Crippen molar-refractivity contribution in [3.63, 3.8) is 0 Å². The van der Waals surface area contributed by atoms with Gasteiger partial charge in [-0.25, -0.2) is 0 Å². The zero-order chi connectivity index (χ0) is 12.8. The van der Waals surface area contributed by atoms with Crippen molar-refractivity contribution >= 4 is 11.9 Å². The van der Waals surface area contributed by atoms with Crippen molar-refractivity contribution in [2.45, 2.75) is 27.2 Å². The van der Waals surface area contributed by atoms with Crippen molar-refractivity contribution in [2.75, 3.05) is 20.2 Å². The predicted molar refractivity (Wildman–Crippen MR) is 63.1 cm³/mol. The van der Waals surface area contributed by atoms with Crippen molar-refractivity contribution in [1.29, 1.82) is 0 Å². The average molecular weight is 239 g/mol. The fourth-order valence-corrected chi connectivity index (χ4v) is 2.71. The molecule has 96 valence electrons. The SMILES string of the molecule is COC(=O)C1CN(C(=O)C2CC2(C)C)CC1C. The monoisotopic (exact) mass is 239 g/mol. The molecule has 1 amide bonds. The van der Waals surface area contributed by atoms with E-state index < -0.39 is 0 Å². The van der Waals surface area contributed by atoms with Gasteiger partial charge in [0.15, 0.2) is 0 Å². The second-order valence-electron chi connectivity index (χ2n) is 6.10. The number of nitrogens with zero attached hydrogens (tertiary/aromatic N) is 1. The van der Waals surface area contributed by atoms with Gasteiger partial charge in [0.25, 0.3) is 0 Å². The number of amides is 1. The zero-order valence-electron chi connectivity index (χ0n) is 11.0. The number of carbonyl (C=O) groups is 2. The number of esters is 1. The van der Waals surface area contributed by atoms with Crippen molar-refractivity contribution < 1.29 is 14.3 Å². The van der Waals surface area contributed by atoms with E-state index >= 15 is 0 Å². The van der Waals surface area contributed by atoms with Crippen LogP contribution in [-0.4, -0.2) is 37.0 Å². The molecule has 17 heavy (non-hydrogen) atoms. The average Bonchev–Trinajstić information content (AvgIpc) is 2.72. The lowest BCUT2D eigenvalue weighted by Gasteiger charge is -2.17. The highest BCUT2D eigenvalue weighted by Crippen LogP contribution is 2.52. The van der Waals surface area contributed by atoms with Crippen molar-refractivity contribution in [2.24, 2.45) is 23.2 Å². The first kappa shape index (κ1) is 12.4. The molecule has 0 N–H and O–H groups in total. The Labute approximate surface area is 102 Å². The molecule has 0 aromatic heterocycles. The molecule has 0 spiro atoms. The fraction of sp³-hybridized carbons (Fsp3) is 0.846. The Morgan fingerprint density at radius 1 is 1.29 bits per heavy atom. The highest BCUT2D eigenvalue weighted by atomic mass is 16.5. The van der Waals surface area contributed by atoms with Crippen LogP contribution in [0.3, 0.4) is 0 Å². The summed E-state index contributed by atoms with van der Waals surface area (Å²) in [5.74, 6) is 0.237. The lowest BCUT2D eigenvalue weighted by Crippen LogP contribution is -2.32. The molecule has 1 saturated carbocycles. The molecule has 2 fully saturated rings. The van der Waals surface area contributed by atoms with Gasteiger partial charge in [-0.05, 0) is 17.8 Å². The number of ether oxygens (including phenoxy) is 1. The third-order valence-corrected chi connectivity index (χ3v) is 4.24. The minimum absolute atomic E-state index is 0.147. The Kier molecular flexibility index (Phi) is 2.92. The van der Waals surface area contributed by atoms with Crippen LogP contribution in [0.15, 0.2) is 0 Å². The van der Waals surface area contributed by atoms with E-state index in [2.05, 4.69) is 13.8 Å². The van der Waals surface area contributed by atoms with Crippen LogP contribution in [0.1, 0.15) is 27.2 Å². The third kappa shape index (κ3) is 2.17. The Morgan fingerprint density at radius 3 is 2.35 bits per heavy atom. The molecule has 2 rings (SSSR count). The smallest absolute Gasteiger partial charge is 0.310 e. The van der Waals surface area contributed by atoms with Crippen molar-refractivity contribution in [1.82, 2.24) is 4.90 Å². The van der Waals surface area contributed by atoms with Crippen molar-refractivity contribution in [3.05, 3.63) is 0 Å². The topological polar surface area (TPSA) is 46.6 Å². The summed E-state index contributed by atoms with van der Waals surface area (Å²) in [4.78, 5) is 25.6. The summed E-state index contributed by atoms with van der Waals surface area (Å²) < 4.78 is 4.77. The number of hydrogen-bond acceptors (Lipinski definition) is 3. The van der Waals surface area contributed by atoms with E-state index in [1.807, 2.05) is 11.8 Å². The number of methoxy groups -OCH3 is 1. The van der Waals surface area contributed by atoms with Crippen LogP contribution in [0.2, 0.25) is 0 Å². The highest BCUT2D eigenvalue weighted by molar-refractivity contribution is 5.84. The van der Waals surface area contributed by atoms with Gasteiger partial charge in [0.1, 0.15) is 0 Å². The molecule has 1 heterocycles. The van der Waals surface area contributed by atoms with Gasteiger partial charge in [-0.3, -0.25) is 9.59 Å². The summed E-state index contributed by atoms with van der Waals surface area (Å²) in [6, 6.07) is 0. The molecule has 1 aliphatic carbocycles. The highest BCUT2D eigenvalue weighted by Gasteiger charge is 2.53. The molecule has 0 radical (unpaired) electrons. The minimum atomic E-state index is -0.192. The maximum atomic E-state index is 12.2. The Bertz CT molecular complexity index is 351. The van der Waals surface area contributed by atoms with Crippen LogP contribution in [-0.2, 0) is 14.3 Å². The van der Waals surface area contributed by atoms with E-state index in [9.17, 15) is 9.59 Å². The molecule has 2 aliphatic rings. The molecule has 4 heteroatoms. The molecule has 0 aromatic rings. The van der Waals surface area contributed by atoms with Crippen LogP contribution >= 0.6 is 0 Å². The van der Waals surface area contributed by atoms with Crippen LogP contribution in [0.25, 0.3) is 0 Å². The van der Waals surface area contributed by atoms with Gasteiger partial charge in [-0.2, -0.15) is 0 Å².